The molecule has 0 atom stereocenters. The van der Waals surface area contributed by atoms with Crippen molar-refractivity contribution in [1.82, 2.24) is 0 Å². The van der Waals surface area contributed by atoms with E-state index in [0.717, 1.165) is 12.0 Å². The van der Waals surface area contributed by atoms with Gasteiger partial charge in [-0.2, -0.15) is 5.26 Å². The SMILES string of the molecule is CCc1ccccc1NC(=O)/C(C#N)=C/c1cccc(O)c1. The van der Waals surface area contributed by atoms with Crippen molar-refractivity contribution >= 4 is 17.7 Å². The summed E-state index contributed by atoms with van der Waals surface area (Å²) in [7, 11) is 0. The van der Waals surface area contributed by atoms with E-state index in [2.05, 4.69) is 5.32 Å². The van der Waals surface area contributed by atoms with Crippen LogP contribution in [0.5, 0.6) is 5.75 Å². The number of anilines is 1. The smallest absolute Gasteiger partial charge is 0.266 e. The fourth-order valence-electron chi connectivity index (χ4n) is 2.07. The first-order valence-electron chi connectivity index (χ1n) is 6.94. The van der Waals surface area contributed by atoms with Crippen molar-refractivity contribution in [3.63, 3.8) is 0 Å². The average molecular weight is 292 g/mol. The maximum Gasteiger partial charge on any atom is 0.266 e. The molecular formula is C18H16N2O2. The molecule has 2 aromatic carbocycles. The van der Waals surface area contributed by atoms with E-state index in [0.29, 0.717) is 11.3 Å². The van der Waals surface area contributed by atoms with Crippen LogP contribution in [0.2, 0.25) is 0 Å². The number of nitrogens with one attached hydrogen (secondary N) is 1. The van der Waals surface area contributed by atoms with Gasteiger partial charge in [-0.1, -0.05) is 37.3 Å². The van der Waals surface area contributed by atoms with Gasteiger partial charge in [-0.15, -0.1) is 0 Å². The standard InChI is InChI=1S/C18H16N2O2/c1-2-14-7-3-4-9-17(14)20-18(22)15(12-19)10-13-6-5-8-16(21)11-13/h3-11,21H,2H2,1H3,(H,20,22)/b15-10+. The molecule has 0 radical (unpaired) electrons. The van der Waals surface area contributed by atoms with Crippen LogP contribution >= 0.6 is 0 Å². The number of phenols is 1. The lowest BCUT2D eigenvalue weighted by atomic mass is 10.1. The monoisotopic (exact) mass is 292 g/mol. The largest absolute Gasteiger partial charge is 0.508 e. The van der Waals surface area contributed by atoms with Gasteiger partial charge in [0.2, 0.25) is 0 Å². The molecule has 22 heavy (non-hydrogen) atoms. The first-order chi connectivity index (χ1) is 10.6. The van der Waals surface area contributed by atoms with Crippen molar-refractivity contribution in [2.75, 3.05) is 5.32 Å². The second kappa shape index (κ2) is 7.09. The Morgan fingerprint density at radius 2 is 2.05 bits per heavy atom. The van der Waals surface area contributed by atoms with E-state index in [1.807, 2.05) is 31.2 Å². The zero-order valence-electron chi connectivity index (χ0n) is 12.2. The summed E-state index contributed by atoms with van der Waals surface area (Å²) in [5.41, 5.74) is 2.28. The molecule has 0 unspecified atom stereocenters. The Hall–Kier alpha value is -3.06. The first-order valence-corrected chi connectivity index (χ1v) is 6.94. The summed E-state index contributed by atoms with van der Waals surface area (Å²) in [5, 5.41) is 21.4. The lowest BCUT2D eigenvalue weighted by molar-refractivity contribution is -0.112. The van der Waals surface area contributed by atoms with E-state index < -0.39 is 5.91 Å². The van der Waals surface area contributed by atoms with Gasteiger partial charge >= 0.3 is 0 Å². The van der Waals surface area contributed by atoms with Crippen LogP contribution in [0.25, 0.3) is 6.08 Å². The minimum absolute atomic E-state index is 0.0171. The number of amides is 1. The molecule has 4 nitrogen and oxygen atoms in total. The topological polar surface area (TPSA) is 73.1 Å². The molecule has 0 aliphatic carbocycles. The van der Waals surface area contributed by atoms with Crippen molar-refractivity contribution in [2.45, 2.75) is 13.3 Å². The molecule has 2 rings (SSSR count). The number of carbonyl (C=O) groups excluding carboxylic acids is 1. The van der Waals surface area contributed by atoms with Crippen molar-refractivity contribution < 1.29 is 9.90 Å². The Labute approximate surface area is 129 Å². The Balaban J connectivity index is 2.25. The fraction of sp³-hybridized carbons (Fsp3) is 0.111. The Morgan fingerprint density at radius 3 is 2.73 bits per heavy atom. The first kappa shape index (κ1) is 15.3. The van der Waals surface area contributed by atoms with Crippen LogP contribution in [0.4, 0.5) is 5.69 Å². The second-order valence-corrected chi connectivity index (χ2v) is 4.73. The summed E-state index contributed by atoms with van der Waals surface area (Å²) in [6.45, 7) is 2.00. The van der Waals surface area contributed by atoms with E-state index >= 15 is 0 Å². The number of aromatic hydroxyl groups is 1. The predicted molar refractivity (Wildman–Crippen MR) is 86.1 cm³/mol. The van der Waals surface area contributed by atoms with Crippen LogP contribution in [0.3, 0.4) is 0 Å². The van der Waals surface area contributed by atoms with Crippen molar-refractivity contribution in [2.24, 2.45) is 0 Å². The third kappa shape index (κ3) is 3.74. The number of hydrogen-bond donors (Lipinski definition) is 2. The summed E-state index contributed by atoms with van der Waals surface area (Å²) in [5.74, 6) is -0.380. The van der Waals surface area contributed by atoms with Crippen molar-refractivity contribution in [3.8, 4) is 11.8 Å². The molecule has 4 heteroatoms. The van der Waals surface area contributed by atoms with Crippen LogP contribution in [-0.2, 0) is 11.2 Å². The fourth-order valence-corrected chi connectivity index (χ4v) is 2.07. The number of nitriles is 1. The highest BCUT2D eigenvalue weighted by Gasteiger charge is 2.11. The normalized spacial score (nSPS) is 10.8. The minimum atomic E-state index is -0.466. The van der Waals surface area contributed by atoms with Crippen molar-refractivity contribution in [3.05, 3.63) is 65.2 Å². The molecule has 0 aliphatic rings. The van der Waals surface area contributed by atoms with Gasteiger partial charge in [0.1, 0.15) is 17.4 Å². The van der Waals surface area contributed by atoms with E-state index in [1.54, 1.807) is 18.2 Å². The molecule has 0 fully saturated rings. The lowest BCUT2D eigenvalue weighted by Crippen LogP contribution is -2.14. The molecule has 110 valence electrons. The Bertz CT molecular complexity index is 758. The zero-order chi connectivity index (χ0) is 15.9. The average Bonchev–Trinajstić information content (AvgIpc) is 2.53. The van der Waals surface area contributed by atoms with Crippen molar-refractivity contribution in [1.29, 1.82) is 5.26 Å². The van der Waals surface area contributed by atoms with Gasteiger partial charge in [0, 0.05) is 5.69 Å². The van der Waals surface area contributed by atoms with E-state index in [-0.39, 0.29) is 11.3 Å². The van der Waals surface area contributed by atoms with Crippen LogP contribution in [0.1, 0.15) is 18.1 Å². The van der Waals surface area contributed by atoms with Gasteiger partial charge in [-0.05, 0) is 41.8 Å². The van der Waals surface area contributed by atoms with E-state index in [9.17, 15) is 15.2 Å². The van der Waals surface area contributed by atoms with Gasteiger partial charge in [0.25, 0.3) is 5.91 Å². The molecule has 0 spiro atoms. The number of phenolic OH excluding ortho intramolecular Hbond substituents is 1. The third-order valence-corrected chi connectivity index (χ3v) is 3.19. The molecule has 0 bridgehead atoms. The maximum absolute atomic E-state index is 12.2. The molecule has 1 amide bonds. The number of carbonyl (C=O) groups is 1. The van der Waals surface area contributed by atoms with Crippen LogP contribution in [0.15, 0.2) is 54.1 Å². The molecule has 2 aromatic rings. The predicted octanol–water partition coefficient (Wildman–Crippen LogP) is 3.50. The number of benzene rings is 2. The molecule has 0 aromatic heterocycles. The van der Waals surface area contributed by atoms with Gasteiger partial charge in [-0.25, -0.2) is 0 Å². The van der Waals surface area contributed by atoms with Gasteiger partial charge in [-0.3, -0.25) is 4.79 Å². The number of nitrogens with zero attached hydrogens (tertiary/aromatic N) is 1. The summed E-state index contributed by atoms with van der Waals surface area (Å²) in [6.07, 6.45) is 2.23. The summed E-state index contributed by atoms with van der Waals surface area (Å²) < 4.78 is 0. The zero-order valence-corrected chi connectivity index (χ0v) is 12.2. The van der Waals surface area contributed by atoms with Crippen LogP contribution in [0, 0.1) is 11.3 Å². The van der Waals surface area contributed by atoms with Gasteiger partial charge < -0.3 is 10.4 Å². The highest BCUT2D eigenvalue weighted by atomic mass is 16.3. The highest BCUT2D eigenvalue weighted by molar-refractivity contribution is 6.10. The van der Waals surface area contributed by atoms with E-state index in [4.69, 9.17) is 0 Å². The summed E-state index contributed by atoms with van der Waals surface area (Å²) >= 11 is 0. The molecule has 0 heterocycles. The third-order valence-electron chi connectivity index (χ3n) is 3.19. The molecule has 0 saturated heterocycles. The Kier molecular flexibility index (Phi) is 4.94. The summed E-state index contributed by atoms with van der Waals surface area (Å²) in [4.78, 5) is 12.2. The number of rotatable bonds is 4. The maximum atomic E-state index is 12.2. The quantitative estimate of drug-likeness (QED) is 0.669. The van der Waals surface area contributed by atoms with Crippen LogP contribution in [-0.4, -0.2) is 11.0 Å². The molecule has 0 saturated carbocycles. The summed E-state index contributed by atoms with van der Waals surface area (Å²) in [6, 6.07) is 15.8. The number of aryl methyl sites for hydroxylation is 1. The van der Waals surface area contributed by atoms with Crippen LogP contribution < -0.4 is 5.32 Å². The molecule has 2 N–H and O–H groups in total. The molecule has 0 aliphatic heterocycles. The minimum Gasteiger partial charge on any atom is -0.508 e. The highest BCUT2D eigenvalue weighted by Crippen LogP contribution is 2.18. The number of hydrogen-bond acceptors (Lipinski definition) is 3. The Morgan fingerprint density at radius 1 is 1.27 bits per heavy atom. The number of para-hydroxylation sites is 1. The second-order valence-electron chi connectivity index (χ2n) is 4.73. The lowest BCUT2D eigenvalue weighted by Gasteiger charge is -2.09. The van der Waals surface area contributed by atoms with Gasteiger partial charge in [0.15, 0.2) is 0 Å². The van der Waals surface area contributed by atoms with E-state index in [1.165, 1.54) is 18.2 Å². The van der Waals surface area contributed by atoms with Gasteiger partial charge in [0.05, 0.1) is 0 Å². The molecular weight excluding hydrogens is 276 g/mol.